The van der Waals surface area contributed by atoms with E-state index in [1.54, 1.807) is 0 Å². The molecule has 0 aliphatic heterocycles. The summed E-state index contributed by atoms with van der Waals surface area (Å²) in [5.74, 6) is -1.17. The predicted octanol–water partition coefficient (Wildman–Crippen LogP) is 7.04. The Morgan fingerprint density at radius 3 is 2.28 bits per heavy atom. The van der Waals surface area contributed by atoms with Crippen molar-refractivity contribution in [3.63, 3.8) is 0 Å². The maximum Gasteiger partial charge on any atom is 0.130 e. The van der Waals surface area contributed by atoms with Gasteiger partial charge < -0.3 is 4.90 Å². The highest BCUT2D eigenvalue weighted by Gasteiger charge is 2.44. The molecule has 2 unspecified atom stereocenters. The van der Waals surface area contributed by atoms with Gasteiger partial charge in [0.2, 0.25) is 0 Å². The van der Waals surface area contributed by atoms with E-state index in [2.05, 4.69) is 49.1 Å². The van der Waals surface area contributed by atoms with Gasteiger partial charge in [-0.3, -0.25) is 0 Å². The lowest BCUT2D eigenvalue weighted by Gasteiger charge is -2.40. The molecule has 32 heavy (non-hydrogen) atoms. The fourth-order valence-electron chi connectivity index (χ4n) is 5.48. The molecule has 2 atom stereocenters. The van der Waals surface area contributed by atoms with Gasteiger partial charge in [-0.1, -0.05) is 62.6 Å². The third-order valence-electron chi connectivity index (χ3n) is 7.43. The number of hydrogen-bond donors (Lipinski definition) is 0. The number of halogens is 2. The molecule has 0 radical (unpaired) electrons. The Bertz CT molecular complexity index is 866. The monoisotopic (exact) mass is 438 g/mol. The number of likely N-dealkylation sites (N-methyl/N-ethyl adjacent to an activating group) is 1. The van der Waals surface area contributed by atoms with Crippen LogP contribution in [0, 0.1) is 28.9 Å². The Hall–Kier alpha value is -2.25. The van der Waals surface area contributed by atoms with E-state index in [0.717, 1.165) is 58.0 Å². The summed E-state index contributed by atoms with van der Waals surface area (Å²) in [6.07, 6.45) is 7.10. The average Bonchev–Trinajstić information content (AvgIpc) is 2.82. The van der Waals surface area contributed by atoms with Crippen LogP contribution in [-0.4, -0.2) is 24.0 Å². The van der Waals surface area contributed by atoms with Crippen molar-refractivity contribution < 1.29 is 8.78 Å². The van der Waals surface area contributed by atoms with E-state index in [4.69, 9.17) is 0 Å². The highest BCUT2D eigenvalue weighted by atomic mass is 19.1. The van der Waals surface area contributed by atoms with Crippen LogP contribution in [0.2, 0.25) is 0 Å². The normalized spacial score (nSPS) is 17.6. The molecule has 0 heterocycles. The molecule has 1 fully saturated rings. The first-order valence-electron chi connectivity index (χ1n) is 12.2. The number of hydrogen-bond acceptors (Lipinski definition) is 2. The summed E-state index contributed by atoms with van der Waals surface area (Å²) in [5.41, 5.74) is 0.192. The molecular formula is C28H36F2N2. The Labute approximate surface area is 192 Å². The van der Waals surface area contributed by atoms with Gasteiger partial charge in [0.25, 0.3) is 0 Å². The van der Waals surface area contributed by atoms with Crippen molar-refractivity contribution in [3.05, 3.63) is 71.3 Å². The van der Waals surface area contributed by atoms with Crippen LogP contribution < -0.4 is 0 Å². The second kappa shape index (κ2) is 11.6. The van der Waals surface area contributed by atoms with E-state index in [0.29, 0.717) is 6.42 Å². The van der Waals surface area contributed by atoms with Crippen molar-refractivity contribution in [1.29, 1.82) is 5.26 Å². The number of rotatable bonds is 10. The van der Waals surface area contributed by atoms with Gasteiger partial charge in [-0.2, -0.15) is 5.26 Å². The van der Waals surface area contributed by atoms with Gasteiger partial charge in [0.1, 0.15) is 11.6 Å². The van der Waals surface area contributed by atoms with Crippen molar-refractivity contribution in [3.8, 4) is 6.07 Å². The van der Waals surface area contributed by atoms with Gasteiger partial charge in [-0.05, 0) is 69.2 Å². The largest absolute Gasteiger partial charge is 0.301 e. The Kier molecular flexibility index (Phi) is 8.82. The molecule has 3 rings (SSSR count). The van der Waals surface area contributed by atoms with Gasteiger partial charge in [-0.25, -0.2) is 8.78 Å². The van der Waals surface area contributed by atoms with E-state index >= 15 is 0 Å². The predicted molar refractivity (Wildman–Crippen MR) is 126 cm³/mol. The highest BCUT2D eigenvalue weighted by molar-refractivity contribution is 5.36. The molecule has 1 saturated carbocycles. The van der Waals surface area contributed by atoms with E-state index in [9.17, 15) is 14.0 Å². The summed E-state index contributed by atoms with van der Waals surface area (Å²) in [7, 11) is 0. The first-order valence-corrected chi connectivity index (χ1v) is 12.2. The highest BCUT2D eigenvalue weighted by Crippen LogP contribution is 2.46. The maximum atomic E-state index is 14.9. The van der Waals surface area contributed by atoms with E-state index in [1.807, 2.05) is 6.07 Å². The molecule has 1 aliphatic rings. The zero-order valence-corrected chi connectivity index (χ0v) is 19.5. The molecule has 1 aliphatic carbocycles. The minimum Gasteiger partial charge on any atom is -0.301 e. The first kappa shape index (κ1) is 24.4. The van der Waals surface area contributed by atoms with Crippen molar-refractivity contribution in [1.82, 2.24) is 4.90 Å². The molecule has 2 nitrogen and oxygen atoms in total. The topological polar surface area (TPSA) is 27.0 Å². The fourth-order valence-corrected chi connectivity index (χ4v) is 5.48. The van der Waals surface area contributed by atoms with Crippen LogP contribution in [0.5, 0.6) is 0 Å². The minimum atomic E-state index is -1.11. The van der Waals surface area contributed by atoms with Crippen LogP contribution >= 0.6 is 0 Å². The molecular weight excluding hydrogens is 402 g/mol. The summed E-state index contributed by atoms with van der Waals surface area (Å²) in [5, 5.41) is 10.4. The third kappa shape index (κ3) is 5.56. The van der Waals surface area contributed by atoms with Gasteiger partial charge in [0.05, 0.1) is 11.5 Å². The average molecular weight is 439 g/mol. The van der Waals surface area contributed by atoms with Gasteiger partial charge >= 0.3 is 0 Å². The van der Waals surface area contributed by atoms with Gasteiger partial charge in [0, 0.05) is 18.2 Å². The van der Waals surface area contributed by atoms with Crippen LogP contribution in [-0.2, 0) is 11.8 Å². The van der Waals surface area contributed by atoms with Crippen LogP contribution in [0.15, 0.2) is 48.5 Å². The first-order chi connectivity index (χ1) is 15.5. The molecule has 0 spiro atoms. The molecule has 0 aromatic heterocycles. The molecule has 0 N–H and O–H groups in total. The number of nitriles is 1. The van der Waals surface area contributed by atoms with Crippen LogP contribution in [0.25, 0.3) is 0 Å². The Morgan fingerprint density at radius 1 is 1.03 bits per heavy atom. The standard InChI is InChI=1S/C28H36F2N2/c1-3-32(20-18-23-11-6-4-7-12-23)22(2)17-19-28(21-31,24-13-8-5-9-14-24)27-25(29)15-10-16-26(27)30/h4,6-7,10-12,15-16,22,24H,3,5,8-9,13-14,17-20H2,1-2H3. The van der Waals surface area contributed by atoms with E-state index < -0.39 is 17.0 Å². The van der Waals surface area contributed by atoms with Crippen molar-refractivity contribution in [2.24, 2.45) is 5.92 Å². The summed E-state index contributed by atoms with van der Waals surface area (Å²) in [6.45, 7) is 6.16. The van der Waals surface area contributed by atoms with Crippen molar-refractivity contribution in [2.75, 3.05) is 13.1 Å². The summed E-state index contributed by atoms with van der Waals surface area (Å²) in [6, 6.07) is 17.1. The third-order valence-corrected chi connectivity index (χ3v) is 7.43. The quantitative estimate of drug-likeness (QED) is 0.398. The zero-order valence-electron chi connectivity index (χ0n) is 19.5. The lowest BCUT2D eigenvalue weighted by atomic mass is 9.63. The van der Waals surface area contributed by atoms with Crippen molar-refractivity contribution >= 4 is 0 Å². The van der Waals surface area contributed by atoms with Gasteiger partial charge in [0.15, 0.2) is 0 Å². The zero-order chi connectivity index (χ0) is 23.0. The lowest BCUT2D eigenvalue weighted by molar-refractivity contribution is 0.175. The molecule has 0 saturated heterocycles. The molecule has 0 bridgehead atoms. The Morgan fingerprint density at radius 2 is 1.69 bits per heavy atom. The summed E-state index contributed by atoms with van der Waals surface area (Å²) in [4.78, 5) is 2.41. The molecule has 2 aromatic rings. The van der Waals surface area contributed by atoms with Crippen molar-refractivity contribution in [2.45, 2.75) is 76.7 Å². The minimum absolute atomic E-state index is 0.000699. The van der Waals surface area contributed by atoms with E-state index in [-0.39, 0.29) is 17.5 Å². The fraction of sp³-hybridized carbons (Fsp3) is 0.536. The summed E-state index contributed by atoms with van der Waals surface area (Å²) >= 11 is 0. The van der Waals surface area contributed by atoms with Crippen LogP contribution in [0.3, 0.4) is 0 Å². The smallest absolute Gasteiger partial charge is 0.130 e. The van der Waals surface area contributed by atoms with Crippen LogP contribution in [0.1, 0.15) is 69.9 Å². The van der Waals surface area contributed by atoms with Crippen LogP contribution in [0.4, 0.5) is 8.78 Å². The molecule has 2 aromatic carbocycles. The molecule has 172 valence electrons. The SMILES string of the molecule is CCN(CCc1ccccc1)C(C)CCC(C#N)(c1c(F)cccc1F)C1CCCCC1. The number of benzene rings is 2. The summed E-state index contributed by atoms with van der Waals surface area (Å²) < 4.78 is 29.9. The van der Waals surface area contributed by atoms with Gasteiger partial charge in [-0.15, -0.1) is 0 Å². The maximum absolute atomic E-state index is 14.9. The number of nitrogens with zero attached hydrogens (tertiary/aromatic N) is 2. The molecule has 0 amide bonds. The second-order valence-electron chi connectivity index (χ2n) is 9.27. The molecule has 4 heteroatoms. The lowest BCUT2D eigenvalue weighted by Crippen LogP contribution is -2.40. The second-order valence-corrected chi connectivity index (χ2v) is 9.27. The van der Waals surface area contributed by atoms with E-state index in [1.165, 1.54) is 23.8 Å². The Balaban J connectivity index is 1.79.